The second-order valence-corrected chi connectivity index (χ2v) is 6.82. The molecule has 0 radical (unpaired) electrons. The first kappa shape index (κ1) is 19.1. The SMILES string of the molecule is CCOc1ccc(CCNS(=O)(=O)c2c(F)cccc2F)cc1OC. The first-order valence-electron chi connectivity index (χ1n) is 7.62. The molecule has 0 amide bonds. The molecule has 0 aliphatic carbocycles. The number of nitrogens with one attached hydrogen (secondary N) is 1. The van der Waals surface area contributed by atoms with E-state index in [0.717, 1.165) is 23.8 Å². The van der Waals surface area contributed by atoms with Crippen molar-refractivity contribution in [1.29, 1.82) is 0 Å². The van der Waals surface area contributed by atoms with Crippen LogP contribution in [0.3, 0.4) is 0 Å². The van der Waals surface area contributed by atoms with E-state index < -0.39 is 26.6 Å². The van der Waals surface area contributed by atoms with Gasteiger partial charge in [0.1, 0.15) is 11.6 Å². The Morgan fingerprint density at radius 1 is 1.08 bits per heavy atom. The molecule has 0 bridgehead atoms. The van der Waals surface area contributed by atoms with Gasteiger partial charge in [0.2, 0.25) is 10.0 Å². The van der Waals surface area contributed by atoms with Gasteiger partial charge >= 0.3 is 0 Å². The molecule has 0 saturated heterocycles. The second-order valence-electron chi connectivity index (χ2n) is 5.12. The third kappa shape index (κ3) is 4.67. The van der Waals surface area contributed by atoms with E-state index in [9.17, 15) is 17.2 Å². The number of methoxy groups -OCH3 is 1. The molecule has 0 atom stereocenters. The van der Waals surface area contributed by atoms with Crippen molar-refractivity contribution in [2.75, 3.05) is 20.3 Å². The van der Waals surface area contributed by atoms with E-state index in [1.165, 1.54) is 7.11 Å². The summed E-state index contributed by atoms with van der Waals surface area (Å²) in [7, 11) is -2.77. The van der Waals surface area contributed by atoms with Crippen molar-refractivity contribution in [3.63, 3.8) is 0 Å². The van der Waals surface area contributed by atoms with Gasteiger partial charge in [0, 0.05) is 6.54 Å². The van der Waals surface area contributed by atoms with Crippen LogP contribution >= 0.6 is 0 Å². The summed E-state index contributed by atoms with van der Waals surface area (Å²) in [5.41, 5.74) is 0.789. The minimum atomic E-state index is -4.28. The van der Waals surface area contributed by atoms with Crippen molar-refractivity contribution < 1.29 is 26.7 Å². The lowest BCUT2D eigenvalue weighted by Crippen LogP contribution is -2.27. The van der Waals surface area contributed by atoms with Gasteiger partial charge in [-0.05, 0) is 43.2 Å². The summed E-state index contributed by atoms with van der Waals surface area (Å²) in [6, 6.07) is 8.12. The predicted molar refractivity (Wildman–Crippen MR) is 89.4 cm³/mol. The molecule has 0 aromatic heterocycles. The predicted octanol–water partition coefficient (Wildman–Crippen LogP) is 2.89. The number of hydrogen-bond donors (Lipinski definition) is 1. The fourth-order valence-corrected chi connectivity index (χ4v) is 3.45. The molecule has 2 aromatic rings. The Kier molecular flexibility index (Phi) is 6.33. The van der Waals surface area contributed by atoms with Crippen LogP contribution in [0, 0.1) is 11.6 Å². The molecule has 25 heavy (non-hydrogen) atoms. The lowest BCUT2D eigenvalue weighted by molar-refractivity contribution is 0.310. The zero-order valence-corrected chi connectivity index (χ0v) is 14.7. The highest BCUT2D eigenvalue weighted by atomic mass is 32.2. The summed E-state index contributed by atoms with van der Waals surface area (Å²) in [6.07, 6.45) is 0.318. The van der Waals surface area contributed by atoms with Crippen molar-refractivity contribution >= 4 is 10.0 Å². The number of hydrogen-bond acceptors (Lipinski definition) is 4. The normalized spacial score (nSPS) is 11.4. The van der Waals surface area contributed by atoms with Gasteiger partial charge in [-0.2, -0.15) is 0 Å². The number of halogens is 2. The monoisotopic (exact) mass is 371 g/mol. The van der Waals surface area contributed by atoms with E-state index >= 15 is 0 Å². The molecule has 136 valence electrons. The lowest BCUT2D eigenvalue weighted by Gasteiger charge is -2.12. The largest absolute Gasteiger partial charge is 0.493 e. The minimum Gasteiger partial charge on any atom is -0.493 e. The highest BCUT2D eigenvalue weighted by molar-refractivity contribution is 7.89. The second kappa shape index (κ2) is 8.26. The quantitative estimate of drug-likeness (QED) is 0.775. The third-order valence-corrected chi connectivity index (χ3v) is 4.93. The van der Waals surface area contributed by atoms with Crippen LogP contribution in [-0.2, 0) is 16.4 Å². The molecule has 0 fully saturated rings. The maximum atomic E-state index is 13.6. The van der Waals surface area contributed by atoms with Gasteiger partial charge in [-0.15, -0.1) is 0 Å². The van der Waals surface area contributed by atoms with E-state index in [1.807, 2.05) is 6.92 Å². The molecule has 0 unspecified atom stereocenters. The smallest absolute Gasteiger partial charge is 0.246 e. The fraction of sp³-hybridized carbons (Fsp3) is 0.294. The highest BCUT2D eigenvalue weighted by Crippen LogP contribution is 2.28. The Balaban J connectivity index is 2.07. The lowest BCUT2D eigenvalue weighted by atomic mass is 10.1. The fourth-order valence-electron chi connectivity index (χ4n) is 2.28. The molecule has 0 heterocycles. The van der Waals surface area contributed by atoms with Gasteiger partial charge in [0.05, 0.1) is 13.7 Å². The Morgan fingerprint density at radius 2 is 1.76 bits per heavy atom. The van der Waals surface area contributed by atoms with E-state index in [0.29, 0.717) is 24.5 Å². The molecular formula is C17H19F2NO4S. The zero-order chi connectivity index (χ0) is 18.4. The van der Waals surface area contributed by atoms with Crippen molar-refractivity contribution in [1.82, 2.24) is 4.72 Å². The van der Waals surface area contributed by atoms with Crippen LogP contribution in [0.25, 0.3) is 0 Å². The Morgan fingerprint density at radius 3 is 2.36 bits per heavy atom. The topological polar surface area (TPSA) is 64.6 Å². The first-order chi connectivity index (χ1) is 11.9. The summed E-state index contributed by atoms with van der Waals surface area (Å²) < 4.78 is 64.3. The van der Waals surface area contributed by atoms with E-state index in [-0.39, 0.29) is 6.54 Å². The number of rotatable bonds is 8. The van der Waals surface area contributed by atoms with Crippen molar-refractivity contribution in [2.45, 2.75) is 18.2 Å². The number of ether oxygens (including phenoxy) is 2. The molecule has 5 nitrogen and oxygen atoms in total. The average molecular weight is 371 g/mol. The average Bonchev–Trinajstić information content (AvgIpc) is 2.55. The molecule has 2 rings (SSSR count). The van der Waals surface area contributed by atoms with Crippen LogP contribution in [0.5, 0.6) is 11.5 Å². The van der Waals surface area contributed by atoms with Gasteiger partial charge in [-0.25, -0.2) is 21.9 Å². The van der Waals surface area contributed by atoms with Crippen LogP contribution in [-0.4, -0.2) is 28.7 Å². The van der Waals surface area contributed by atoms with Gasteiger partial charge in [-0.3, -0.25) is 0 Å². The number of benzene rings is 2. The molecule has 1 N–H and O–H groups in total. The molecule has 8 heteroatoms. The van der Waals surface area contributed by atoms with Crippen LogP contribution < -0.4 is 14.2 Å². The molecule has 2 aromatic carbocycles. The molecule has 0 aliphatic heterocycles. The van der Waals surface area contributed by atoms with Crippen LogP contribution in [0.2, 0.25) is 0 Å². The van der Waals surface area contributed by atoms with Crippen molar-refractivity contribution in [3.8, 4) is 11.5 Å². The minimum absolute atomic E-state index is 0.0206. The van der Waals surface area contributed by atoms with Gasteiger partial charge < -0.3 is 9.47 Å². The number of sulfonamides is 1. The Bertz CT molecular complexity index is 820. The van der Waals surface area contributed by atoms with E-state index in [4.69, 9.17) is 9.47 Å². The molecule has 0 spiro atoms. The van der Waals surface area contributed by atoms with Gasteiger partial charge in [0.15, 0.2) is 16.4 Å². The van der Waals surface area contributed by atoms with Crippen LogP contribution in [0.15, 0.2) is 41.3 Å². The Hall–Kier alpha value is -2.19. The summed E-state index contributed by atoms with van der Waals surface area (Å²) in [4.78, 5) is -0.973. The third-order valence-electron chi connectivity index (χ3n) is 3.42. The van der Waals surface area contributed by atoms with E-state index in [1.54, 1.807) is 18.2 Å². The first-order valence-corrected chi connectivity index (χ1v) is 9.10. The summed E-state index contributed by atoms with van der Waals surface area (Å²) in [6.45, 7) is 2.32. The van der Waals surface area contributed by atoms with Crippen LogP contribution in [0.4, 0.5) is 8.78 Å². The summed E-state index contributed by atoms with van der Waals surface area (Å²) in [5.74, 6) is -1.14. The zero-order valence-electron chi connectivity index (χ0n) is 13.9. The van der Waals surface area contributed by atoms with Gasteiger partial charge in [-0.1, -0.05) is 12.1 Å². The van der Waals surface area contributed by atoms with E-state index in [2.05, 4.69) is 4.72 Å². The Labute approximate surface area is 145 Å². The maximum absolute atomic E-state index is 13.6. The molecule has 0 aliphatic rings. The maximum Gasteiger partial charge on any atom is 0.246 e. The standard InChI is InChI=1S/C17H19F2NO4S/c1-3-24-15-8-7-12(11-16(15)23-2)9-10-20-25(21,22)17-13(18)5-4-6-14(17)19/h4-8,11,20H,3,9-10H2,1-2H3. The van der Waals surface area contributed by atoms with Gasteiger partial charge in [0.25, 0.3) is 0 Å². The highest BCUT2D eigenvalue weighted by Gasteiger charge is 2.23. The van der Waals surface area contributed by atoms with Crippen LogP contribution in [0.1, 0.15) is 12.5 Å². The summed E-state index contributed by atoms with van der Waals surface area (Å²) in [5, 5.41) is 0. The van der Waals surface area contributed by atoms with Crippen molar-refractivity contribution in [3.05, 3.63) is 53.6 Å². The molecule has 0 saturated carbocycles. The summed E-state index contributed by atoms with van der Waals surface area (Å²) >= 11 is 0. The van der Waals surface area contributed by atoms with Crippen molar-refractivity contribution in [2.24, 2.45) is 0 Å². The molecular weight excluding hydrogens is 352 g/mol.